The first-order valence-corrected chi connectivity index (χ1v) is 2.77. The van der Waals surface area contributed by atoms with Crippen molar-refractivity contribution in [1.29, 1.82) is 0 Å². The summed E-state index contributed by atoms with van der Waals surface area (Å²) in [5.74, 6) is -0.338. The Bertz CT molecular complexity index is 156. The fourth-order valence-corrected chi connectivity index (χ4v) is 0.725. The van der Waals surface area contributed by atoms with Gasteiger partial charge in [0.2, 0.25) is 0 Å². The van der Waals surface area contributed by atoms with E-state index in [9.17, 15) is 4.79 Å². The van der Waals surface area contributed by atoms with Crippen LogP contribution < -0.4 is 0 Å². The zero-order valence-corrected chi connectivity index (χ0v) is 5.20. The Morgan fingerprint density at radius 3 is 2.44 bits per heavy atom. The summed E-state index contributed by atoms with van der Waals surface area (Å²) < 4.78 is 4.49. The molecule has 0 bridgehead atoms. The number of hydrogen-bond acceptors (Lipinski definition) is 2. The van der Waals surface area contributed by atoms with Crippen molar-refractivity contribution in [3.8, 4) is 0 Å². The molecule has 1 aliphatic rings. The molecular formula is C7H8O2. The topological polar surface area (TPSA) is 26.3 Å². The molecule has 9 heavy (non-hydrogen) atoms. The third-order valence-electron chi connectivity index (χ3n) is 1.22. The van der Waals surface area contributed by atoms with Crippen LogP contribution in [0.15, 0.2) is 24.3 Å². The summed E-state index contributed by atoms with van der Waals surface area (Å²) in [5.41, 5.74) is 0. The molecule has 0 aromatic heterocycles. The molecule has 2 nitrogen and oxygen atoms in total. The second-order valence-electron chi connectivity index (χ2n) is 1.82. The van der Waals surface area contributed by atoms with Crippen molar-refractivity contribution in [1.82, 2.24) is 0 Å². The first-order valence-electron chi connectivity index (χ1n) is 2.77. The van der Waals surface area contributed by atoms with E-state index in [-0.39, 0.29) is 11.9 Å². The molecule has 0 fully saturated rings. The highest BCUT2D eigenvalue weighted by atomic mass is 16.5. The lowest BCUT2D eigenvalue weighted by molar-refractivity contribution is -0.142. The standard InChI is InChI=1S/C7H8O2/c1-9-7(8)6-4-2-3-5-6/h2-6H,1H3. The van der Waals surface area contributed by atoms with E-state index in [1.54, 1.807) is 12.2 Å². The van der Waals surface area contributed by atoms with Gasteiger partial charge < -0.3 is 4.74 Å². The Labute approximate surface area is 53.8 Å². The second kappa shape index (κ2) is 2.49. The maximum atomic E-state index is 10.7. The van der Waals surface area contributed by atoms with Crippen LogP contribution in [0.2, 0.25) is 0 Å². The van der Waals surface area contributed by atoms with Crippen LogP contribution >= 0.6 is 0 Å². The average molecular weight is 124 g/mol. The third-order valence-corrected chi connectivity index (χ3v) is 1.22. The Kier molecular flexibility index (Phi) is 1.68. The summed E-state index contributed by atoms with van der Waals surface area (Å²) in [6, 6.07) is 0. The first kappa shape index (κ1) is 6.08. The van der Waals surface area contributed by atoms with Crippen molar-refractivity contribution in [2.75, 3.05) is 7.11 Å². The number of rotatable bonds is 1. The number of carbonyl (C=O) groups is 1. The smallest absolute Gasteiger partial charge is 0.316 e. The Morgan fingerprint density at radius 2 is 2.00 bits per heavy atom. The molecule has 0 spiro atoms. The predicted molar refractivity (Wildman–Crippen MR) is 33.8 cm³/mol. The van der Waals surface area contributed by atoms with Gasteiger partial charge in [0.05, 0.1) is 13.0 Å². The molecule has 0 saturated heterocycles. The van der Waals surface area contributed by atoms with Gasteiger partial charge in [0, 0.05) is 0 Å². The molecular weight excluding hydrogens is 116 g/mol. The van der Waals surface area contributed by atoms with Gasteiger partial charge in [-0.05, 0) is 0 Å². The molecule has 2 heteroatoms. The van der Waals surface area contributed by atoms with Crippen molar-refractivity contribution in [3.63, 3.8) is 0 Å². The van der Waals surface area contributed by atoms with Crippen LogP contribution in [0.4, 0.5) is 0 Å². The molecule has 0 unspecified atom stereocenters. The predicted octanol–water partition coefficient (Wildman–Crippen LogP) is 0.902. The third kappa shape index (κ3) is 1.19. The summed E-state index contributed by atoms with van der Waals surface area (Å²) in [5, 5.41) is 0. The van der Waals surface area contributed by atoms with Crippen molar-refractivity contribution >= 4 is 5.97 Å². The summed E-state index contributed by atoms with van der Waals surface area (Å²) in [4.78, 5) is 10.7. The van der Waals surface area contributed by atoms with Gasteiger partial charge in [-0.25, -0.2) is 0 Å². The largest absolute Gasteiger partial charge is 0.468 e. The minimum atomic E-state index is -0.194. The average Bonchev–Trinajstić information content (AvgIpc) is 2.37. The summed E-state index contributed by atoms with van der Waals surface area (Å²) >= 11 is 0. The number of methoxy groups -OCH3 is 1. The number of allylic oxidation sites excluding steroid dienone is 2. The van der Waals surface area contributed by atoms with Crippen molar-refractivity contribution in [2.24, 2.45) is 5.92 Å². The molecule has 1 aliphatic carbocycles. The van der Waals surface area contributed by atoms with Crippen LogP contribution in [0.3, 0.4) is 0 Å². The van der Waals surface area contributed by atoms with E-state index in [2.05, 4.69) is 4.74 Å². The van der Waals surface area contributed by atoms with E-state index < -0.39 is 0 Å². The summed E-state index contributed by atoms with van der Waals surface area (Å²) in [6.45, 7) is 0. The van der Waals surface area contributed by atoms with Crippen LogP contribution in [0.1, 0.15) is 0 Å². The lowest BCUT2D eigenvalue weighted by Crippen LogP contribution is -2.09. The molecule has 1 rings (SSSR count). The second-order valence-corrected chi connectivity index (χ2v) is 1.82. The minimum absolute atomic E-state index is 0.144. The molecule has 48 valence electrons. The van der Waals surface area contributed by atoms with Gasteiger partial charge in [0.1, 0.15) is 0 Å². The van der Waals surface area contributed by atoms with Crippen LogP contribution in [0, 0.1) is 5.92 Å². The van der Waals surface area contributed by atoms with E-state index in [4.69, 9.17) is 0 Å². The quantitative estimate of drug-likeness (QED) is 0.485. The molecule has 0 amide bonds. The first-order chi connectivity index (χ1) is 4.34. The lowest BCUT2D eigenvalue weighted by Gasteiger charge is -1.99. The van der Waals surface area contributed by atoms with Gasteiger partial charge >= 0.3 is 5.97 Å². The number of ether oxygens (including phenoxy) is 1. The monoisotopic (exact) mass is 124 g/mol. The van der Waals surface area contributed by atoms with Gasteiger partial charge in [0.15, 0.2) is 0 Å². The molecule has 0 heterocycles. The van der Waals surface area contributed by atoms with Gasteiger partial charge in [-0.15, -0.1) is 0 Å². The summed E-state index contributed by atoms with van der Waals surface area (Å²) in [6.07, 6.45) is 7.26. The molecule has 0 radical (unpaired) electrons. The van der Waals surface area contributed by atoms with Crippen molar-refractivity contribution < 1.29 is 9.53 Å². The van der Waals surface area contributed by atoms with E-state index in [1.165, 1.54) is 7.11 Å². The number of carbonyl (C=O) groups excluding carboxylic acids is 1. The molecule has 0 N–H and O–H groups in total. The van der Waals surface area contributed by atoms with Crippen LogP contribution in [0.5, 0.6) is 0 Å². The highest BCUT2D eigenvalue weighted by molar-refractivity contribution is 5.77. The van der Waals surface area contributed by atoms with E-state index in [0.717, 1.165) is 0 Å². The summed E-state index contributed by atoms with van der Waals surface area (Å²) in [7, 11) is 1.39. The zero-order chi connectivity index (χ0) is 6.69. The van der Waals surface area contributed by atoms with Crippen molar-refractivity contribution in [2.45, 2.75) is 0 Å². The van der Waals surface area contributed by atoms with Gasteiger partial charge in [-0.3, -0.25) is 4.79 Å². The lowest BCUT2D eigenvalue weighted by atomic mass is 10.2. The minimum Gasteiger partial charge on any atom is -0.468 e. The van der Waals surface area contributed by atoms with Gasteiger partial charge in [-0.2, -0.15) is 0 Å². The molecule has 0 aliphatic heterocycles. The Balaban J connectivity index is 2.53. The van der Waals surface area contributed by atoms with Crippen LogP contribution in [0.25, 0.3) is 0 Å². The normalized spacial score (nSPS) is 16.6. The highest BCUT2D eigenvalue weighted by Crippen LogP contribution is 2.09. The van der Waals surface area contributed by atoms with E-state index >= 15 is 0 Å². The van der Waals surface area contributed by atoms with Crippen LogP contribution in [-0.2, 0) is 9.53 Å². The molecule has 0 saturated carbocycles. The highest BCUT2D eigenvalue weighted by Gasteiger charge is 2.12. The van der Waals surface area contributed by atoms with E-state index in [0.29, 0.717) is 0 Å². The number of hydrogen-bond donors (Lipinski definition) is 0. The molecule has 0 aromatic carbocycles. The maximum absolute atomic E-state index is 10.7. The van der Waals surface area contributed by atoms with E-state index in [1.807, 2.05) is 12.2 Å². The fourth-order valence-electron chi connectivity index (χ4n) is 0.725. The zero-order valence-electron chi connectivity index (χ0n) is 5.20. The van der Waals surface area contributed by atoms with Crippen molar-refractivity contribution in [3.05, 3.63) is 24.3 Å². The molecule has 0 atom stereocenters. The Morgan fingerprint density at radius 1 is 1.44 bits per heavy atom. The maximum Gasteiger partial charge on any atom is 0.316 e. The van der Waals surface area contributed by atoms with Gasteiger partial charge in [-0.1, -0.05) is 24.3 Å². The van der Waals surface area contributed by atoms with Gasteiger partial charge in [0.25, 0.3) is 0 Å². The van der Waals surface area contributed by atoms with Crippen LogP contribution in [-0.4, -0.2) is 13.1 Å². The number of esters is 1. The molecule has 0 aromatic rings. The fraction of sp³-hybridized carbons (Fsp3) is 0.286. The SMILES string of the molecule is COC(=O)C1C=CC=C1. The Hall–Kier alpha value is -1.05.